The standard InChI is InChI=1S/C13H16FNO4S/c1-4-7-15(9(2)3)20(18,19)12-8-10(13(16)17)5-6-11(12)14/h4-6,8-9H,1,7H2,2-3H3,(H,16,17). The number of rotatable bonds is 6. The van der Waals surface area contributed by atoms with Crippen molar-refractivity contribution >= 4 is 16.0 Å². The zero-order valence-electron chi connectivity index (χ0n) is 11.2. The van der Waals surface area contributed by atoms with Crippen LogP contribution in [-0.4, -0.2) is 36.4 Å². The van der Waals surface area contributed by atoms with E-state index in [-0.39, 0.29) is 12.1 Å². The fourth-order valence-electron chi connectivity index (χ4n) is 1.67. The van der Waals surface area contributed by atoms with Gasteiger partial charge in [0, 0.05) is 12.6 Å². The number of carbonyl (C=O) groups is 1. The average molecular weight is 301 g/mol. The molecule has 0 unspecified atom stereocenters. The van der Waals surface area contributed by atoms with Gasteiger partial charge in [0.25, 0.3) is 0 Å². The largest absolute Gasteiger partial charge is 0.478 e. The molecule has 1 N–H and O–H groups in total. The van der Waals surface area contributed by atoms with Gasteiger partial charge in [0.05, 0.1) is 5.56 Å². The van der Waals surface area contributed by atoms with Crippen LogP contribution in [0.2, 0.25) is 0 Å². The molecule has 0 bridgehead atoms. The van der Waals surface area contributed by atoms with Crippen LogP contribution in [0.4, 0.5) is 4.39 Å². The van der Waals surface area contributed by atoms with E-state index in [2.05, 4.69) is 6.58 Å². The molecule has 0 fully saturated rings. The van der Waals surface area contributed by atoms with Gasteiger partial charge in [-0.15, -0.1) is 6.58 Å². The van der Waals surface area contributed by atoms with Crippen molar-refractivity contribution in [1.82, 2.24) is 4.31 Å². The summed E-state index contributed by atoms with van der Waals surface area (Å²) in [4.78, 5) is 10.2. The lowest BCUT2D eigenvalue weighted by Crippen LogP contribution is -2.37. The van der Waals surface area contributed by atoms with Crippen molar-refractivity contribution in [1.29, 1.82) is 0 Å². The van der Waals surface area contributed by atoms with Crippen LogP contribution in [0.3, 0.4) is 0 Å². The van der Waals surface area contributed by atoms with Gasteiger partial charge in [0.1, 0.15) is 10.7 Å². The van der Waals surface area contributed by atoms with E-state index in [0.29, 0.717) is 0 Å². The number of benzene rings is 1. The topological polar surface area (TPSA) is 74.7 Å². The Kier molecular flexibility index (Phi) is 5.02. The van der Waals surface area contributed by atoms with Crippen molar-refractivity contribution < 1.29 is 22.7 Å². The summed E-state index contributed by atoms with van der Waals surface area (Å²) in [7, 11) is -4.13. The zero-order chi connectivity index (χ0) is 15.5. The summed E-state index contributed by atoms with van der Waals surface area (Å²) < 4.78 is 39.6. The molecule has 0 saturated heterocycles. The van der Waals surface area contributed by atoms with E-state index in [4.69, 9.17) is 5.11 Å². The monoisotopic (exact) mass is 301 g/mol. The molecule has 0 aliphatic rings. The Balaban J connectivity index is 3.43. The van der Waals surface area contributed by atoms with E-state index < -0.39 is 32.7 Å². The molecule has 0 radical (unpaired) electrons. The molecule has 1 rings (SSSR count). The van der Waals surface area contributed by atoms with E-state index in [1.807, 2.05) is 0 Å². The fourth-order valence-corrected chi connectivity index (χ4v) is 3.37. The smallest absolute Gasteiger partial charge is 0.335 e. The van der Waals surface area contributed by atoms with Gasteiger partial charge in [0.15, 0.2) is 0 Å². The molecule has 1 aromatic carbocycles. The van der Waals surface area contributed by atoms with Crippen molar-refractivity contribution in [3.63, 3.8) is 0 Å². The highest BCUT2D eigenvalue weighted by Crippen LogP contribution is 2.22. The number of aromatic carboxylic acids is 1. The number of hydrogen-bond donors (Lipinski definition) is 1. The molecular weight excluding hydrogens is 285 g/mol. The number of nitrogens with zero attached hydrogens (tertiary/aromatic N) is 1. The molecule has 0 saturated carbocycles. The van der Waals surface area contributed by atoms with Gasteiger partial charge in [-0.1, -0.05) is 6.08 Å². The first-order valence-electron chi connectivity index (χ1n) is 5.87. The molecule has 110 valence electrons. The van der Waals surface area contributed by atoms with Gasteiger partial charge in [-0.25, -0.2) is 17.6 Å². The third kappa shape index (κ3) is 3.23. The van der Waals surface area contributed by atoms with Gasteiger partial charge in [-0.3, -0.25) is 0 Å². The van der Waals surface area contributed by atoms with Crippen molar-refractivity contribution in [3.8, 4) is 0 Å². The maximum atomic E-state index is 13.8. The second-order valence-electron chi connectivity index (χ2n) is 4.41. The number of halogens is 1. The number of hydrogen-bond acceptors (Lipinski definition) is 3. The lowest BCUT2D eigenvalue weighted by Gasteiger charge is -2.24. The van der Waals surface area contributed by atoms with E-state index in [0.717, 1.165) is 22.5 Å². The first-order valence-corrected chi connectivity index (χ1v) is 7.31. The molecule has 0 aliphatic heterocycles. The lowest BCUT2D eigenvalue weighted by atomic mass is 10.2. The minimum absolute atomic E-state index is 0.0107. The molecule has 7 heteroatoms. The highest BCUT2D eigenvalue weighted by atomic mass is 32.2. The van der Waals surface area contributed by atoms with Crippen molar-refractivity contribution in [2.45, 2.75) is 24.8 Å². The van der Waals surface area contributed by atoms with Gasteiger partial charge < -0.3 is 5.11 Å². The summed E-state index contributed by atoms with van der Waals surface area (Å²) in [6.07, 6.45) is 1.39. The highest BCUT2D eigenvalue weighted by Gasteiger charge is 2.29. The number of carboxylic acid groups (broad SMARTS) is 1. The fraction of sp³-hybridized carbons (Fsp3) is 0.308. The molecule has 0 spiro atoms. The Hall–Kier alpha value is -1.73. The third-order valence-corrected chi connectivity index (χ3v) is 4.71. The van der Waals surface area contributed by atoms with Crippen LogP contribution >= 0.6 is 0 Å². The van der Waals surface area contributed by atoms with Crippen LogP contribution in [-0.2, 0) is 10.0 Å². The van der Waals surface area contributed by atoms with Crippen molar-refractivity contribution in [2.24, 2.45) is 0 Å². The van der Waals surface area contributed by atoms with Gasteiger partial charge in [-0.05, 0) is 32.0 Å². The molecule has 0 aliphatic carbocycles. The van der Waals surface area contributed by atoms with Crippen molar-refractivity contribution in [2.75, 3.05) is 6.54 Å². The minimum Gasteiger partial charge on any atom is -0.478 e. The zero-order valence-corrected chi connectivity index (χ0v) is 12.0. The molecule has 20 heavy (non-hydrogen) atoms. The Bertz CT molecular complexity index is 625. The number of carboxylic acids is 1. The molecule has 1 aromatic rings. The number of sulfonamides is 1. The maximum absolute atomic E-state index is 13.8. The molecule has 0 amide bonds. The molecule has 0 atom stereocenters. The highest BCUT2D eigenvalue weighted by molar-refractivity contribution is 7.89. The lowest BCUT2D eigenvalue weighted by molar-refractivity contribution is 0.0696. The summed E-state index contributed by atoms with van der Waals surface area (Å²) in [6, 6.07) is 2.27. The van der Waals surface area contributed by atoms with Crippen LogP contribution in [0.1, 0.15) is 24.2 Å². The first-order chi connectivity index (χ1) is 9.21. The maximum Gasteiger partial charge on any atom is 0.335 e. The van der Waals surface area contributed by atoms with Crippen LogP contribution in [0.25, 0.3) is 0 Å². The van der Waals surface area contributed by atoms with Gasteiger partial charge in [-0.2, -0.15) is 4.31 Å². The summed E-state index contributed by atoms with van der Waals surface area (Å²) in [5, 5.41) is 8.87. The summed E-state index contributed by atoms with van der Waals surface area (Å²) in [6.45, 7) is 6.75. The van der Waals surface area contributed by atoms with E-state index >= 15 is 0 Å². The average Bonchev–Trinajstić information content (AvgIpc) is 2.35. The van der Waals surface area contributed by atoms with Crippen molar-refractivity contribution in [3.05, 3.63) is 42.2 Å². The Morgan fingerprint density at radius 1 is 1.50 bits per heavy atom. The quantitative estimate of drug-likeness (QED) is 0.817. The summed E-state index contributed by atoms with van der Waals surface area (Å²) >= 11 is 0. The second-order valence-corrected chi connectivity index (χ2v) is 6.27. The molecule has 5 nitrogen and oxygen atoms in total. The van der Waals surface area contributed by atoms with E-state index in [9.17, 15) is 17.6 Å². The Morgan fingerprint density at radius 2 is 2.10 bits per heavy atom. The Morgan fingerprint density at radius 3 is 2.55 bits per heavy atom. The Labute approximate surface area is 117 Å². The van der Waals surface area contributed by atoms with Crippen LogP contribution in [0, 0.1) is 5.82 Å². The van der Waals surface area contributed by atoms with Crippen LogP contribution in [0.5, 0.6) is 0 Å². The second kappa shape index (κ2) is 6.15. The minimum atomic E-state index is -4.13. The SMILES string of the molecule is C=CCN(C(C)C)S(=O)(=O)c1cc(C(=O)O)ccc1F. The van der Waals surface area contributed by atoms with Gasteiger partial charge >= 0.3 is 5.97 Å². The first kappa shape index (κ1) is 16.3. The summed E-state index contributed by atoms with van der Waals surface area (Å²) in [5.74, 6) is -2.30. The predicted octanol–water partition coefficient (Wildman–Crippen LogP) is 2.11. The molecular formula is C13H16FNO4S. The third-order valence-electron chi connectivity index (χ3n) is 2.65. The molecule has 0 aromatic heterocycles. The molecule has 0 heterocycles. The van der Waals surface area contributed by atoms with Crippen LogP contribution in [0.15, 0.2) is 35.7 Å². The van der Waals surface area contributed by atoms with Crippen LogP contribution < -0.4 is 0 Å². The van der Waals surface area contributed by atoms with E-state index in [1.165, 1.54) is 6.08 Å². The summed E-state index contributed by atoms with van der Waals surface area (Å²) in [5.41, 5.74) is -0.285. The van der Waals surface area contributed by atoms with Gasteiger partial charge in [0.2, 0.25) is 10.0 Å². The predicted molar refractivity (Wildman–Crippen MR) is 72.6 cm³/mol. The van der Waals surface area contributed by atoms with E-state index in [1.54, 1.807) is 13.8 Å². The normalized spacial score (nSPS) is 11.8.